The molecule has 0 aliphatic rings. The van der Waals surface area contributed by atoms with Crippen LogP contribution in [0.4, 0.5) is 0 Å². The van der Waals surface area contributed by atoms with Crippen LogP contribution in [0.25, 0.3) is 0 Å². The average Bonchev–Trinajstić information content (AvgIpc) is 3.15. The van der Waals surface area contributed by atoms with Crippen molar-refractivity contribution in [3.05, 3.63) is 45.4 Å². The molecule has 0 bridgehead atoms. The van der Waals surface area contributed by atoms with Gasteiger partial charge in [0.2, 0.25) is 0 Å². The van der Waals surface area contributed by atoms with Crippen molar-refractivity contribution in [2.24, 2.45) is 4.99 Å². The number of ether oxygens (including phenoxy) is 1. The molecule has 0 spiro atoms. The number of thiophene rings is 1. The second kappa shape index (κ2) is 9.03. The minimum atomic E-state index is 0.0472. The Kier molecular flexibility index (Phi) is 7.03. The molecule has 0 atom stereocenters. The van der Waals surface area contributed by atoms with Crippen molar-refractivity contribution in [3.63, 3.8) is 0 Å². The predicted molar refractivity (Wildman–Crippen MR) is 110 cm³/mol. The summed E-state index contributed by atoms with van der Waals surface area (Å²) >= 11 is 1.79. The van der Waals surface area contributed by atoms with Gasteiger partial charge in [0.25, 0.3) is 0 Å². The first-order valence-electron chi connectivity index (χ1n) is 8.94. The van der Waals surface area contributed by atoms with Crippen molar-refractivity contribution in [1.82, 2.24) is 15.6 Å². The molecule has 2 heterocycles. The van der Waals surface area contributed by atoms with Crippen LogP contribution in [0.15, 0.2) is 28.7 Å². The van der Waals surface area contributed by atoms with Crippen LogP contribution >= 0.6 is 11.3 Å². The molecule has 0 unspecified atom stereocenters. The molecule has 0 aliphatic heterocycles. The van der Waals surface area contributed by atoms with Gasteiger partial charge in [0.1, 0.15) is 5.75 Å². The summed E-state index contributed by atoms with van der Waals surface area (Å²) in [4.78, 5) is 10.6. The molecule has 2 rings (SSSR count). The first kappa shape index (κ1) is 20.2. The maximum Gasteiger partial charge on any atom is 0.191 e. The highest BCUT2D eigenvalue weighted by molar-refractivity contribution is 7.10. The number of hydrogen-bond acceptors (Lipinski definition) is 4. The highest BCUT2D eigenvalue weighted by Crippen LogP contribution is 2.27. The summed E-state index contributed by atoms with van der Waals surface area (Å²) < 4.78 is 5.49. The van der Waals surface area contributed by atoms with Gasteiger partial charge >= 0.3 is 0 Å². The van der Waals surface area contributed by atoms with E-state index in [9.17, 15) is 0 Å². The van der Waals surface area contributed by atoms with Crippen molar-refractivity contribution >= 4 is 17.3 Å². The molecule has 0 saturated heterocycles. The van der Waals surface area contributed by atoms with E-state index in [0.29, 0.717) is 6.54 Å². The molecule has 0 amide bonds. The van der Waals surface area contributed by atoms with Gasteiger partial charge in [-0.1, -0.05) is 19.9 Å². The smallest absolute Gasteiger partial charge is 0.191 e. The van der Waals surface area contributed by atoms with Crippen molar-refractivity contribution < 1.29 is 4.74 Å². The topological polar surface area (TPSA) is 58.5 Å². The predicted octanol–water partition coefficient (Wildman–Crippen LogP) is 3.80. The van der Waals surface area contributed by atoms with Gasteiger partial charge in [-0.25, -0.2) is 4.99 Å². The van der Waals surface area contributed by atoms with Crippen LogP contribution in [0, 0.1) is 13.8 Å². The Labute approximate surface area is 160 Å². The van der Waals surface area contributed by atoms with Gasteiger partial charge in [-0.15, -0.1) is 11.3 Å². The SMILES string of the molecule is CCNC(=NCc1ncc(C)c(OC)c1C)NCC(C)(C)c1cccs1. The number of nitrogens with zero attached hydrogens (tertiary/aromatic N) is 2. The summed E-state index contributed by atoms with van der Waals surface area (Å²) in [6, 6.07) is 4.28. The number of aliphatic imine (C=N–C) groups is 1. The zero-order valence-corrected chi connectivity index (χ0v) is 17.5. The Balaban J connectivity index is 2.10. The third-order valence-electron chi connectivity index (χ3n) is 4.37. The minimum Gasteiger partial charge on any atom is -0.496 e. The highest BCUT2D eigenvalue weighted by Gasteiger charge is 2.22. The second-order valence-corrected chi connectivity index (χ2v) is 7.90. The molecule has 26 heavy (non-hydrogen) atoms. The molecule has 142 valence electrons. The lowest BCUT2D eigenvalue weighted by atomic mass is 9.91. The minimum absolute atomic E-state index is 0.0472. The third-order valence-corrected chi connectivity index (χ3v) is 5.60. The van der Waals surface area contributed by atoms with Crippen LogP contribution in [0.3, 0.4) is 0 Å². The van der Waals surface area contributed by atoms with Gasteiger partial charge in [0, 0.05) is 40.7 Å². The van der Waals surface area contributed by atoms with E-state index in [4.69, 9.17) is 9.73 Å². The van der Waals surface area contributed by atoms with E-state index in [-0.39, 0.29) is 5.41 Å². The van der Waals surface area contributed by atoms with E-state index in [0.717, 1.165) is 41.6 Å². The molecule has 0 radical (unpaired) electrons. The number of guanidine groups is 1. The molecule has 0 saturated carbocycles. The van der Waals surface area contributed by atoms with E-state index in [1.165, 1.54) is 4.88 Å². The van der Waals surface area contributed by atoms with Crippen LogP contribution in [-0.2, 0) is 12.0 Å². The highest BCUT2D eigenvalue weighted by atomic mass is 32.1. The Hall–Kier alpha value is -2.08. The maximum atomic E-state index is 5.49. The van der Waals surface area contributed by atoms with Gasteiger partial charge < -0.3 is 15.4 Å². The van der Waals surface area contributed by atoms with Crippen LogP contribution in [0.2, 0.25) is 0 Å². The van der Waals surface area contributed by atoms with Crippen LogP contribution < -0.4 is 15.4 Å². The molecule has 0 aliphatic carbocycles. The summed E-state index contributed by atoms with van der Waals surface area (Å²) in [6.45, 7) is 12.7. The molecule has 2 aromatic rings. The number of aryl methyl sites for hydroxylation is 1. The average molecular weight is 375 g/mol. The summed E-state index contributed by atoms with van der Waals surface area (Å²) in [6.07, 6.45) is 1.84. The summed E-state index contributed by atoms with van der Waals surface area (Å²) in [7, 11) is 1.70. The monoisotopic (exact) mass is 374 g/mol. The first-order chi connectivity index (χ1) is 12.4. The van der Waals surface area contributed by atoms with Crippen LogP contribution in [0.1, 0.15) is 42.5 Å². The van der Waals surface area contributed by atoms with Crippen LogP contribution in [0.5, 0.6) is 5.75 Å². The third kappa shape index (κ3) is 4.97. The Bertz CT molecular complexity index is 739. The molecule has 2 N–H and O–H groups in total. The van der Waals surface area contributed by atoms with Gasteiger partial charge in [-0.05, 0) is 32.2 Å². The largest absolute Gasteiger partial charge is 0.496 e. The fourth-order valence-electron chi connectivity index (χ4n) is 2.78. The zero-order valence-electron chi connectivity index (χ0n) is 16.6. The zero-order chi connectivity index (χ0) is 19.2. The number of methoxy groups -OCH3 is 1. The van der Waals surface area contributed by atoms with E-state index >= 15 is 0 Å². The normalized spacial score (nSPS) is 12.2. The number of rotatable bonds is 7. The fraction of sp³-hybridized carbons (Fsp3) is 0.500. The van der Waals surface area contributed by atoms with E-state index in [1.807, 2.05) is 20.0 Å². The lowest BCUT2D eigenvalue weighted by Crippen LogP contribution is -2.43. The maximum absolute atomic E-state index is 5.49. The Morgan fingerprint density at radius 2 is 2.08 bits per heavy atom. The summed E-state index contributed by atoms with van der Waals surface area (Å²) in [5.41, 5.74) is 3.07. The lowest BCUT2D eigenvalue weighted by Gasteiger charge is -2.25. The van der Waals surface area contributed by atoms with Crippen molar-refractivity contribution in [3.8, 4) is 5.75 Å². The molecule has 0 aromatic carbocycles. The van der Waals surface area contributed by atoms with Gasteiger partial charge in [-0.2, -0.15) is 0 Å². The quantitative estimate of drug-likeness (QED) is 0.572. The number of pyridine rings is 1. The molecule has 2 aromatic heterocycles. The molecular weight excluding hydrogens is 344 g/mol. The Morgan fingerprint density at radius 3 is 2.69 bits per heavy atom. The first-order valence-corrected chi connectivity index (χ1v) is 9.82. The van der Waals surface area contributed by atoms with E-state index < -0.39 is 0 Å². The van der Waals surface area contributed by atoms with Crippen molar-refractivity contribution in [2.75, 3.05) is 20.2 Å². The van der Waals surface area contributed by atoms with Gasteiger partial charge in [-0.3, -0.25) is 4.98 Å². The second-order valence-electron chi connectivity index (χ2n) is 6.96. The standard InChI is InChI=1S/C20H30N4OS/c1-7-21-19(24-13-20(4,5)17-9-8-10-26-17)23-12-16-15(3)18(25-6)14(2)11-22-16/h8-11H,7,12-13H2,1-6H3,(H2,21,23,24). The molecule has 0 fully saturated rings. The lowest BCUT2D eigenvalue weighted by molar-refractivity contribution is 0.407. The fourth-order valence-corrected chi connectivity index (χ4v) is 3.63. The summed E-state index contributed by atoms with van der Waals surface area (Å²) in [5.74, 6) is 1.69. The molecular formula is C20H30N4OS. The number of nitrogens with one attached hydrogen (secondary N) is 2. The van der Waals surface area contributed by atoms with Crippen molar-refractivity contribution in [1.29, 1.82) is 0 Å². The number of aromatic nitrogens is 1. The van der Waals surface area contributed by atoms with Gasteiger partial charge in [0.15, 0.2) is 5.96 Å². The molecule has 5 nitrogen and oxygen atoms in total. The summed E-state index contributed by atoms with van der Waals surface area (Å²) in [5, 5.41) is 8.90. The van der Waals surface area contributed by atoms with Crippen LogP contribution in [-0.4, -0.2) is 31.1 Å². The molecule has 6 heteroatoms. The van der Waals surface area contributed by atoms with Crippen molar-refractivity contribution in [2.45, 2.75) is 46.6 Å². The van der Waals surface area contributed by atoms with E-state index in [1.54, 1.807) is 18.4 Å². The number of hydrogen-bond donors (Lipinski definition) is 2. The Morgan fingerprint density at radius 1 is 1.31 bits per heavy atom. The van der Waals surface area contributed by atoms with E-state index in [2.05, 4.69) is 53.9 Å². The van der Waals surface area contributed by atoms with Gasteiger partial charge in [0.05, 0.1) is 19.3 Å².